The largest absolute Gasteiger partial charge is 0.370 e. The van der Waals surface area contributed by atoms with E-state index in [0.717, 1.165) is 11.1 Å². The van der Waals surface area contributed by atoms with Crippen LogP contribution in [0.3, 0.4) is 0 Å². The van der Waals surface area contributed by atoms with Crippen LogP contribution in [0.15, 0.2) is 48.5 Å². The number of morpholine rings is 1. The summed E-state index contributed by atoms with van der Waals surface area (Å²) < 4.78 is 33.3. The Morgan fingerprint density at radius 1 is 1.12 bits per heavy atom. The van der Waals surface area contributed by atoms with Crippen LogP contribution in [0, 0.1) is 6.92 Å². The molecule has 134 valence electrons. The van der Waals surface area contributed by atoms with Gasteiger partial charge in [0, 0.05) is 17.6 Å². The predicted molar refractivity (Wildman–Crippen MR) is 100 cm³/mol. The van der Waals surface area contributed by atoms with Crippen molar-refractivity contribution in [2.45, 2.75) is 31.7 Å². The molecule has 0 spiro atoms. The molecule has 2 aromatic carbocycles. The van der Waals surface area contributed by atoms with Gasteiger partial charge < -0.3 is 4.74 Å². The molecular weight excluding hydrogens is 358 g/mol. The van der Waals surface area contributed by atoms with Crippen molar-refractivity contribution in [3.05, 3.63) is 70.2 Å². The molecule has 0 radical (unpaired) electrons. The van der Waals surface area contributed by atoms with E-state index in [0.29, 0.717) is 18.2 Å². The zero-order valence-electron chi connectivity index (χ0n) is 14.4. The molecule has 0 bridgehead atoms. The third-order valence-corrected chi connectivity index (χ3v) is 6.62. The van der Waals surface area contributed by atoms with E-state index in [1.54, 1.807) is 28.6 Å². The molecular formula is C19H22ClNO3S. The van der Waals surface area contributed by atoms with Gasteiger partial charge >= 0.3 is 0 Å². The van der Waals surface area contributed by atoms with Gasteiger partial charge in [0.05, 0.1) is 18.5 Å². The fraction of sp³-hybridized carbons (Fsp3) is 0.368. The average molecular weight is 380 g/mol. The maximum Gasteiger partial charge on any atom is 0.218 e. The van der Waals surface area contributed by atoms with Crippen LogP contribution in [0.2, 0.25) is 5.02 Å². The van der Waals surface area contributed by atoms with Gasteiger partial charge in [-0.3, -0.25) is 0 Å². The molecule has 2 aromatic rings. The molecule has 1 aliphatic rings. The highest BCUT2D eigenvalue weighted by Gasteiger charge is 2.35. The Morgan fingerprint density at radius 2 is 1.76 bits per heavy atom. The fourth-order valence-corrected chi connectivity index (χ4v) is 4.86. The maximum atomic E-state index is 12.9. The molecule has 1 fully saturated rings. The smallest absolute Gasteiger partial charge is 0.218 e. The minimum Gasteiger partial charge on any atom is -0.370 e. The number of ether oxygens (including phenoxy) is 1. The first-order valence-electron chi connectivity index (χ1n) is 8.27. The number of rotatable bonds is 4. The Kier molecular flexibility index (Phi) is 5.49. The van der Waals surface area contributed by atoms with Crippen LogP contribution in [-0.2, 0) is 20.5 Å². The summed E-state index contributed by atoms with van der Waals surface area (Å²) in [6, 6.07) is 14.8. The van der Waals surface area contributed by atoms with Crippen molar-refractivity contribution in [2.75, 3.05) is 13.2 Å². The van der Waals surface area contributed by atoms with E-state index in [9.17, 15) is 8.42 Å². The first kappa shape index (κ1) is 18.4. The molecule has 0 saturated carbocycles. The highest BCUT2D eigenvalue weighted by atomic mass is 35.5. The number of sulfonamides is 1. The lowest BCUT2D eigenvalue weighted by Crippen LogP contribution is -2.48. The Bertz CT molecular complexity index is 819. The van der Waals surface area contributed by atoms with Gasteiger partial charge in [-0.2, -0.15) is 4.31 Å². The third kappa shape index (κ3) is 4.42. The van der Waals surface area contributed by atoms with E-state index >= 15 is 0 Å². The topological polar surface area (TPSA) is 46.6 Å². The van der Waals surface area contributed by atoms with E-state index in [1.165, 1.54) is 5.56 Å². The third-order valence-electron chi connectivity index (χ3n) is 4.44. The van der Waals surface area contributed by atoms with Crippen molar-refractivity contribution in [3.63, 3.8) is 0 Å². The predicted octanol–water partition coefficient (Wildman–Crippen LogP) is 3.94. The normalized spacial score (nSPS) is 22.0. The number of hydrogen-bond acceptors (Lipinski definition) is 3. The van der Waals surface area contributed by atoms with Crippen molar-refractivity contribution >= 4 is 21.6 Å². The molecule has 6 heteroatoms. The van der Waals surface area contributed by atoms with Gasteiger partial charge in [-0.15, -0.1) is 0 Å². The standard InChI is InChI=1S/C19H22ClNO3S/c1-14-3-7-17(8-4-14)19-11-21(15(2)12-24-19)25(22,23)13-16-5-9-18(20)10-6-16/h3-10,15,19H,11-13H2,1-2H3. The molecule has 0 amide bonds. The van der Waals surface area contributed by atoms with Crippen LogP contribution in [0.5, 0.6) is 0 Å². The van der Waals surface area contributed by atoms with E-state index in [1.807, 2.05) is 38.1 Å². The Hall–Kier alpha value is -1.40. The van der Waals surface area contributed by atoms with Gasteiger partial charge in [0.25, 0.3) is 0 Å². The summed E-state index contributed by atoms with van der Waals surface area (Å²) in [5, 5.41) is 0.598. The fourth-order valence-electron chi connectivity index (χ4n) is 2.98. The summed E-state index contributed by atoms with van der Waals surface area (Å²) >= 11 is 5.88. The summed E-state index contributed by atoms with van der Waals surface area (Å²) in [6.07, 6.45) is -0.239. The summed E-state index contributed by atoms with van der Waals surface area (Å²) in [7, 11) is -3.44. The maximum absolute atomic E-state index is 12.9. The van der Waals surface area contributed by atoms with Gasteiger partial charge in [-0.25, -0.2) is 8.42 Å². The summed E-state index contributed by atoms with van der Waals surface area (Å²) in [5.74, 6) is -0.0326. The first-order chi connectivity index (χ1) is 11.8. The summed E-state index contributed by atoms with van der Waals surface area (Å²) in [4.78, 5) is 0. The minimum absolute atomic E-state index is 0.0326. The second kappa shape index (κ2) is 7.46. The lowest BCUT2D eigenvalue weighted by molar-refractivity contribution is -0.0289. The van der Waals surface area contributed by atoms with Gasteiger partial charge in [0.15, 0.2) is 0 Å². The van der Waals surface area contributed by atoms with Crippen LogP contribution < -0.4 is 0 Å². The van der Waals surface area contributed by atoms with Crippen LogP contribution in [0.25, 0.3) is 0 Å². The Morgan fingerprint density at radius 3 is 2.40 bits per heavy atom. The minimum atomic E-state index is -3.44. The number of aryl methyl sites for hydroxylation is 1. The van der Waals surface area contributed by atoms with E-state index in [4.69, 9.17) is 16.3 Å². The Balaban J connectivity index is 1.78. The molecule has 2 unspecified atom stereocenters. The molecule has 1 heterocycles. The van der Waals surface area contributed by atoms with E-state index in [2.05, 4.69) is 0 Å². The van der Waals surface area contributed by atoms with E-state index < -0.39 is 10.0 Å². The highest BCUT2D eigenvalue weighted by Crippen LogP contribution is 2.28. The molecule has 2 atom stereocenters. The Labute approximate surface area is 154 Å². The molecule has 1 saturated heterocycles. The van der Waals surface area contributed by atoms with Crippen molar-refractivity contribution in [1.82, 2.24) is 4.31 Å². The number of nitrogens with zero attached hydrogens (tertiary/aromatic N) is 1. The zero-order chi connectivity index (χ0) is 18.0. The van der Waals surface area contributed by atoms with Gasteiger partial charge in [-0.1, -0.05) is 53.6 Å². The van der Waals surface area contributed by atoms with Gasteiger partial charge in [0.1, 0.15) is 0 Å². The lowest BCUT2D eigenvalue weighted by atomic mass is 10.1. The molecule has 0 aliphatic carbocycles. The summed E-state index contributed by atoms with van der Waals surface area (Å²) in [6.45, 7) is 4.62. The SMILES string of the molecule is Cc1ccc(C2CN(S(=O)(=O)Cc3ccc(Cl)cc3)C(C)CO2)cc1. The molecule has 25 heavy (non-hydrogen) atoms. The second-order valence-corrected chi connectivity index (χ2v) is 8.89. The van der Waals surface area contributed by atoms with Crippen molar-refractivity contribution in [1.29, 1.82) is 0 Å². The van der Waals surface area contributed by atoms with Crippen molar-refractivity contribution in [2.24, 2.45) is 0 Å². The molecule has 1 aliphatic heterocycles. The van der Waals surface area contributed by atoms with Crippen LogP contribution in [-0.4, -0.2) is 31.9 Å². The molecule has 4 nitrogen and oxygen atoms in total. The molecule has 0 aromatic heterocycles. The number of halogens is 1. The van der Waals surface area contributed by atoms with E-state index in [-0.39, 0.29) is 17.9 Å². The molecule has 3 rings (SSSR count). The number of hydrogen-bond donors (Lipinski definition) is 0. The average Bonchev–Trinajstić information content (AvgIpc) is 2.58. The lowest BCUT2D eigenvalue weighted by Gasteiger charge is -2.37. The number of benzene rings is 2. The summed E-state index contributed by atoms with van der Waals surface area (Å²) in [5.41, 5.74) is 2.90. The van der Waals surface area contributed by atoms with Gasteiger partial charge in [0.2, 0.25) is 10.0 Å². The quantitative estimate of drug-likeness (QED) is 0.808. The van der Waals surface area contributed by atoms with Crippen LogP contribution in [0.4, 0.5) is 0 Å². The molecule has 0 N–H and O–H groups in total. The van der Waals surface area contributed by atoms with Crippen LogP contribution in [0.1, 0.15) is 29.7 Å². The van der Waals surface area contributed by atoms with Gasteiger partial charge in [-0.05, 0) is 37.1 Å². The monoisotopic (exact) mass is 379 g/mol. The zero-order valence-corrected chi connectivity index (χ0v) is 15.9. The van der Waals surface area contributed by atoms with Crippen molar-refractivity contribution < 1.29 is 13.2 Å². The second-order valence-electron chi connectivity index (χ2n) is 6.53. The first-order valence-corrected chi connectivity index (χ1v) is 10.3. The van der Waals surface area contributed by atoms with Crippen molar-refractivity contribution in [3.8, 4) is 0 Å². The highest BCUT2D eigenvalue weighted by molar-refractivity contribution is 7.88. The van der Waals surface area contributed by atoms with Crippen LogP contribution >= 0.6 is 11.6 Å².